The minimum Gasteiger partial charge on any atom is -0.439 e. The number of rotatable bonds is 28. The van der Waals surface area contributed by atoms with Gasteiger partial charge in [0.05, 0.1) is 73.3 Å². The van der Waals surface area contributed by atoms with Crippen molar-refractivity contribution in [3.63, 3.8) is 0 Å². The molecule has 2 aliphatic rings. The Balaban J connectivity index is 1.76. The van der Waals surface area contributed by atoms with Crippen molar-refractivity contribution >= 4 is 47.3 Å². The lowest BCUT2D eigenvalue weighted by Crippen LogP contribution is -2.55. The number of carbonyl (C=O) groups is 6. The SMILES string of the molecule is CC[C@H](C)[C@@H]([C@@H](CC(=O)N1CCC[C@H]1[C@H](OC)[C@@H](C)C(=O)N[C@H](C)[C@@H](O)c1ccccc1)OC)N(C)C(=O)[C@H](CC(=O)[C@H](C(C)C)N(C)C(=O)OC1/C=C/CCCCC1OCCNC(=O)CSC)C(C)C. The van der Waals surface area contributed by atoms with Crippen molar-refractivity contribution in [2.24, 2.45) is 29.6 Å². The van der Waals surface area contributed by atoms with E-state index in [1.54, 1.807) is 52.0 Å². The van der Waals surface area contributed by atoms with E-state index < -0.39 is 66.6 Å². The fourth-order valence-corrected chi connectivity index (χ4v) is 10.6. The number of nitrogens with zero attached hydrogens (tertiary/aromatic N) is 3. The lowest BCUT2D eigenvalue weighted by atomic mass is 9.83. The Labute approximate surface area is 429 Å². The molecule has 402 valence electrons. The van der Waals surface area contributed by atoms with Crippen molar-refractivity contribution in [1.29, 1.82) is 0 Å². The molecular weight excluding hydrogens is 927 g/mol. The molecule has 1 saturated heterocycles. The third kappa shape index (κ3) is 17.9. The highest BCUT2D eigenvalue weighted by atomic mass is 32.2. The monoisotopic (exact) mass is 1020 g/mol. The van der Waals surface area contributed by atoms with Crippen LogP contribution in [0.5, 0.6) is 0 Å². The average molecular weight is 1020 g/mol. The summed E-state index contributed by atoms with van der Waals surface area (Å²) in [6, 6.07) is 6.77. The lowest BCUT2D eigenvalue weighted by Gasteiger charge is -2.41. The summed E-state index contributed by atoms with van der Waals surface area (Å²) in [5.41, 5.74) is 0.692. The number of nitrogens with one attached hydrogen (secondary N) is 2. The molecule has 12 atom stereocenters. The zero-order chi connectivity index (χ0) is 52.9. The van der Waals surface area contributed by atoms with E-state index in [2.05, 4.69) is 10.6 Å². The summed E-state index contributed by atoms with van der Waals surface area (Å²) in [5, 5.41) is 16.7. The summed E-state index contributed by atoms with van der Waals surface area (Å²) in [7, 11) is 6.36. The second kappa shape index (κ2) is 30.9. The van der Waals surface area contributed by atoms with Gasteiger partial charge in [0, 0.05) is 53.7 Å². The van der Waals surface area contributed by atoms with Crippen molar-refractivity contribution in [2.75, 3.05) is 60.0 Å². The molecular formula is C54H89N5O11S. The van der Waals surface area contributed by atoms with E-state index in [0.717, 1.165) is 25.7 Å². The van der Waals surface area contributed by atoms with Crippen molar-refractivity contribution in [1.82, 2.24) is 25.3 Å². The van der Waals surface area contributed by atoms with Gasteiger partial charge < -0.3 is 49.4 Å². The number of likely N-dealkylation sites (tertiary alicyclic amines) is 1. The summed E-state index contributed by atoms with van der Waals surface area (Å²) in [6.45, 7) is 16.2. The van der Waals surface area contributed by atoms with Crippen LogP contribution in [0.4, 0.5) is 4.79 Å². The van der Waals surface area contributed by atoms with E-state index in [0.29, 0.717) is 43.7 Å². The number of thioether (sulfide) groups is 1. The molecule has 1 aromatic rings. The first-order chi connectivity index (χ1) is 33.7. The van der Waals surface area contributed by atoms with E-state index in [1.807, 2.05) is 90.3 Å². The van der Waals surface area contributed by atoms with Crippen LogP contribution in [0.2, 0.25) is 0 Å². The zero-order valence-corrected chi connectivity index (χ0v) is 45.9. The van der Waals surface area contributed by atoms with Crippen LogP contribution in [0.25, 0.3) is 0 Å². The summed E-state index contributed by atoms with van der Waals surface area (Å²) >= 11 is 1.44. The molecule has 1 aromatic carbocycles. The summed E-state index contributed by atoms with van der Waals surface area (Å²) in [5.74, 6) is -2.74. The molecule has 16 nitrogen and oxygen atoms in total. The van der Waals surface area contributed by atoms with Gasteiger partial charge in [-0.2, -0.15) is 11.8 Å². The van der Waals surface area contributed by atoms with Crippen LogP contribution < -0.4 is 10.6 Å². The van der Waals surface area contributed by atoms with Gasteiger partial charge in [-0.1, -0.05) is 97.7 Å². The molecule has 0 saturated carbocycles. The third-order valence-electron chi connectivity index (χ3n) is 14.5. The van der Waals surface area contributed by atoms with Gasteiger partial charge in [-0.05, 0) is 74.7 Å². The van der Waals surface area contributed by atoms with Gasteiger partial charge in [-0.3, -0.25) is 24.0 Å². The van der Waals surface area contributed by atoms with Crippen molar-refractivity contribution in [2.45, 2.75) is 168 Å². The van der Waals surface area contributed by atoms with Crippen molar-refractivity contribution < 1.29 is 52.8 Å². The van der Waals surface area contributed by atoms with Crippen LogP contribution in [0.1, 0.15) is 125 Å². The number of likely N-dealkylation sites (N-methyl/N-ethyl adjacent to an activating group) is 2. The highest BCUT2D eigenvalue weighted by Gasteiger charge is 2.44. The topological polar surface area (TPSA) is 193 Å². The Morgan fingerprint density at radius 1 is 0.887 bits per heavy atom. The predicted octanol–water partition coefficient (Wildman–Crippen LogP) is 6.83. The Hall–Kier alpha value is -4.03. The number of aliphatic hydroxyl groups is 1. The van der Waals surface area contributed by atoms with E-state index in [4.69, 9.17) is 18.9 Å². The minimum absolute atomic E-state index is 0.0264. The smallest absolute Gasteiger partial charge is 0.410 e. The maximum atomic E-state index is 14.8. The number of hydrogen-bond donors (Lipinski definition) is 3. The zero-order valence-electron chi connectivity index (χ0n) is 45.1. The third-order valence-corrected chi connectivity index (χ3v) is 15.1. The molecule has 3 rings (SSSR count). The molecule has 1 heterocycles. The first-order valence-electron chi connectivity index (χ1n) is 25.9. The number of ketones is 1. The number of allylic oxidation sites excluding steroid dienone is 1. The average Bonchev–Trinajstić information content (AvgIpc) is 3.82. The van der Waals surface area contributed by atoms with E-state index in [-0.39, 0.29) is 72.7 Å². The number of ether oxygens (including phenoxy) is 4. The number of aliphatic hydroxyl groups excluding tert-OH is 1. The Morgan fingerprint density at radius 2 is 1.58 bits per heavy atom. The lowest BCUT2D eigenvalue weighted by molar-refractivity contribution is -0.149. The van der Waals surface area contributed by atoms with Gasteiger partial charge >= 0.3 is 6.09 Å². The van der Waals surface area contributed by atoms with E-state index in [9.17, 15) is 33.9 Å². The van der Waals surface area contributed by atoms with Gasteiger partial charge in [0.1, 0.15) is 6.10 Å². The van der Waals surface area contributed by atoms with Crippen LogP contribution in [0.3, 0.4) is 0 Å². The van der Waals surface area contributed by atoms with E-state index in [1.165, 1.54) is 16.7 Å². The molecule has 17 heteroatoms. The van der Waals surface area contributed by atoms with Crippen LogP contribution in [0, 0.1) is 29.6 Å². The van der Waals surface area contributed by atoms with Gasteiger partial charge in [-0.15, -0.1) is 0 Å². The number of Topliss-reactive ketones (excluding diaryl/α,β-unsaturated/α-hetero) is 1. The number of carbonyl (C=O) groups excluding carboxylic acids is 6. The number of amides is 5. The Morgan fingerprint density at radius 3 is 2.18 bits per heavy atom. The summed E-state index contributed by atoms with van der Waals surface area (Å²) in [4.78, 5) is 88.0. The normalized spacial score (nSPS) is 21.6. The first kappa shape index (κ1) is 61.3. The summed E-state index contributed by atoms with van der Waals surface area (Å²) in [6.07, 6.45) is 6.89. The molecule has 0 spiro atoms. The second-order valence-electron chi connectivity index (χ2n) is 20.3. The quantitative estimate of drug-likeness (QED) is 0.0586. The molecule has 3 N–H and O–H groups in total. The highest BCUT2D eigenvalue weighted by Crippen LogP contribution is 2.32. The Kier molecular flexibility index (Phi) is 26.6. The maximum Gasteiger partial charge on any atom is 0.410 e. The Bertz CT molecular complexity index is 1850. The first-order valence-corrected chi connectivity index (χ1v) is 27.3. The van der Waals surface area contributed by atoms with Crippen LogP contribution in [-0.2, 0) is 42.9 Å². The van der Waals surface area contributed by atoms with Crippen LogP contribution >= 0.6 is 11.8 Å². The van der Waals surface area contributed by atoms with E-state index >= 15 is 0 Å². The number of hydrogen-bond acceptors (Lipinski definition) is 12. The molecule has 1 aliphatic heterocycles. The maximum absolute atomic E-state index is 14.8. The van der Waals surface area contributed by atoms with Crippen molar-refractivity contribution in [3.8, 4) is 0 Å². The molecule has 0 radical (unpaired) electrons. The standard InChI is InChI=1S/C54H89N5O11S/c1-14-36(6)49(45(67-11)32-47(62)59-29-22-25-41(59)51(68-12)37(7)52(64)56-38(8)50(63)39-23-18-17-19-24-39)57(9)53(65)40(34(2)3)31-42(60)48(35(4)5)58(10)54(66)70-44-27-21-16-15-20-26-43(44)69-30-28-55-46(61)33-71-13/h17-19,21,23-24,27,34-38,40-41,43-45,48-51,63H,14-16,20,22,25-26,28-33H2,1-13H3,(H,55,61)(H,56,64)/b27-21+/t36-,37+,38+,40+,41-,43?,44?,45+,48-,49-,50+,51+/m0/s1. The predicted molar refractivity (Wildman–Crippen MR) is 278 cm³/mol. The number of methoxy groups -OCH3 is 2. The highest BCUT2D eigenvalue weighted by molar-refractivity contribution is 7.99. The molecule has 2 unspecified atom stereocenters. The van der Waals surface area contributed by atoms with Gasteiger partial charge in [0.25, 0.3) is 0 Å². The number of benzene rings is 1. The molecule has 0 aromatic heterocycles. The van der Waals surface area contributed by atoms with Crippen LogP contribution in [-0.4, -0.2) is 164 Å². The largest absolute Gasteiger partial charge is 0.439 e. The summed E-state index contributed by atoms with van der Waals surface area (Å²) < 4.78 is 24.3. The van der Waals surface area contributed by atoms with Crippen LogP contribution in [0.15, 0.2) is 42.5 Å². The molecule has 71 heavy (non-hydrogen) atoms. The molecule has 1 aliphatic carbocycles. The fourth-order valence-electron chi connectivity index (χ4n) is 10.2. The second-order valence-corrected chi connectivity index (χ2v) is 21.2. The fraction of sp³-hybridized carbons (Fsp3) is 0.741. The van der Waals surface area contributed by atoms with Crippen molar-refractivity contribution in [3.05, 3.63) is 48.0 Å². The minimum atomic E-state index is -0.907. The van der Waals surface area contributed by atoms with Gasteiger partial charge in [-0.25, -0.2) is 4.79 Å². The molecule has 1 fully saturated rings. The van der Waals surface area contributed by atoms with Gasteiger partial charge in [0.15, 0.2) is 5.78 Å². The molecule has 0 bridgehead atoms. The molecule has 5 amide bonds. The van der Waals surface area contributed by atoms with Gasteiger partial charge in [0.2, 0.25) is 23.6 Å².